The Morgan fingerprint density at radius 2 is 1.48 bits per heavy atom. The Morgan fingerprint density at radius 3 is 2.10 bits per heavy atom. The first-order valence-corrected chi connectivity index (χ1v) is 10.1. The van der Waals surface area contributed by atoms with Crippen LogP contribution in [-0.2, 0) is 36.9 Å². The maximum Gasteiger partial charge on any atom is 0.153 e. The molecule has 0 N–H and O–H groups in total. The molecule has 0 radical (unpaired) electrons. The van der Waals surface area contributed by atoms with Crippen molar-refractivity contribution in [3.05, 3.63) is 84.1 Å². The van der Waals surface area contributed by atoms with Gasteiger partial charge in [0.05, 0.1) is 26.1 Å². The summed E-state index contributed by atoms with van der Waals surface area (Å²) in [6, 6.07) is 20.3. The van der Waals surface area contributed by atoms with E-state index in [0.29, 0.717) is 19.8 Å². The molecule has 2 aliphatic rings. The average Bonchev–Trinajstić information content (AvgIpc) is 2.78. The Morgan fingerprint density at radius 1 is 0.862 bits per heavy atom. The van der Waals surface area contributed by atoms with Crippen LogP contribution in [0.1, 0.15) is 17.5 Å². The predicted molar refractivity (Wildman–Crippen MR) is 109 cm³/mol. The number of fused-ring (bicyclic) bond motifs is 1. The van der Waals surface area contributed by atoms with Gasteiger partial charge in [0.1, 0.15) is 24.4 Å². The van der Waals surface area contributed by atoms with Crippen LogP contribution in [0.25, 0.3) is 0 Å². The number of hydrogen-bond acceptors (Lipinski definition) is 5. The van der Waals surface area contributed by atoms with E-state index in [1.165, 1.54) is 0 Å². The molecule has 4 rings (SSSR count). The lowest BCUT2D eigenvalue weighted by molar-refractivity contribution is -0.262. The first-order valence-electron chi connectivity index (χ1n) is 10.1. The number of ether oxygens (including phenoxy) is 5. The molecule has 1 saturated heterocycles. The van der Waals surface area contributed by atoms with Gasteiger partial charge in [-0.05, 0) is 23.6 Å². The summed E-state index contributed by atoms with van der Waals surface area (Å²) in [5.74, 6) is 0. The second kappa shape index (κ2) is 10.0. The molecule has 0 amide bonds. The zero-order valence-electron chi connectivity index (χ0n) is 16.7. The number of hydrogen-bond donors (Lipinski definition) is 0. The highest BCUT2D eigenvalue weighted by molar-refractivity contribution is 5.15. The van der Waals surface area contributed by atoms with Gasteiger partial charge in [0.2, 0.25) is 0 Å². The minimum absolute atomic E-state index is 0.0718. The van der Waals surface area contributed by atoms with Crippen molar-refractivity contribution in [2.45, 2.75) is 50.2 Å². The monoisotopic (exact) mass is 396 g/mol. The Balaban J connectivity index is 1.53. The number of benzene rings is 2. The molecule has 5 heteroatoms. The summed E-state index contributed by atoms with van der Waals surface area (Å²) in [5, 5.41) is 0. The molecule has 0 bridgehead atoms. The third-order valence-electron chi connectivity index (χ3n) is 5.33. The fourth-order valence-corrected chi connectivity index (χ4v) is 3.90. The van der Waals surface area contributed by atoms with Gasteiger partial charge in [0.25, 0.3) is 0 Å². The van der Waals surface area contributed by atoms with Gasteiger partial charge in [0, 0.05) is 7.11 Å². The lowest BCUT2D eigenvalue weighted by Gasteiger charge is -2.46. The Labute approximate surface area is 172 Å². The van der Waals surface area contributed by atoms with Crippen LogP contribution < -0.4 is 0 Å². The first kappa shape index (κ1) is 20.1. The summed E-state index contributed by atoms with van der Waals surface area (Å²) in [6.45, 7) is 1.41. The first-order chi connectivity index (χ1) is 14.3. The molecule has 0 aromatic heterocycles. The fraction of sp³-hybridized carbons (Fsp3) is 0.417. The van der Waals surface area contributed by atoms with Crippen molar-refractivity contribution in [1.29, 1.82) is 0 Å². The van der Waals surface area contributed by atoms with Gasteiger partial charge in [-0.15, -0.1) is 0 Å². The molecule has 0 saturated carbocycles. The van der Waals surface area contributed by atoms with Gasteiger partial charge in [-0.3, -0.25) is 0 Å². The highest BCUT2D eigenvalue weighted by Crippen LogP contribution is 2.33. The predicted octanol–water partition coefficient (Wildman–Crippen LogP) is 3.87. The van der Waals surface area contributed by atoms with E-state index in [0.717, 1.165) is 17.5 Å². The van der Waals surface area contributed by atoms with Gasteiger partial charge in [-0.1, -0.05) is 60.7 Å². The largest absolute Gasteiger partial charge is 0.493 e. The lowest BCUT2D eigenvalue weighted by atomic mass is 9.92. The molecule has 0 spiro atoms. The molecule has 0 unspecified atom stereocenters. The van der Waals surface area contributed by atoms with Crippen molar-refractivity contribution in [3.8, 4) is 0 Å². The molecule has 2 aromatic rings. The van der Waals surface area contributed by atoms with Crippen LogP contribution in [0, 0.1) is 0 Å². The van der Waals surface area contributed by atoms with E-state index in [1.807, 2.05) is 42.5 Å². The maximum absolute atomic E-state index is 6.40. The van der Waals surface area contributed by atoms with E-state index in [-0.39, 0.29) is 30.5 Å². The molecule has 5 atom stereocenters. The topological polar surface area (TPSA) is 46.2 Å². The Kier molecular flexibility index (Phi) is 6.96. The van der Waals surface area contributed by atoms with Crippen LogP contribution >= 0.6 is 0 Å². The van der Waals surface area contributed by atoms with E-state index >= 15 is 0 Å². The van der Waals surface area contributed by atoms with E-state index in [1.54, 1.807) is 13.4 Å². The van der Waals surface area contributed by atoms with Crippen molar-refractivity contribution in [3.63, 3.8) is 0 Å². The number of rotatable bonds is 8. The Bertz CT molecular complexity index is 763. The lowest BCUT2D eigenvalue weighted by Crippen LogP contribution is -2.61. The van der Waals surface area contributed by atoms with Crippen LogP contribution in [0.5, 0.6) is 0 Å². The second-order valence-corrected chi connectivity index (χ2v) is 7.40. The van der Waals surface area contributed by atoms with Gasteiger partial charge in [-0.2, -0.15) is 0 Å². The minimum atomic E-state index is -0.299. The van der Waals surface area contributed by atoms with Gasteiger partial charge in [0.15, 0.2) is 6.10 Å². The van der Waals surface area contributed by atoms with Crippen molar-refractivity contribution in [2.75, 3.05) is 13.7 Å². The average molecular weight is 396 g/mol. The van der Waals surface area contributed by atoms with Crippen LogP contribution in [0.15, 0.2) is 73.0 Å². The van der Waals surface area contributed by atoms with Crippen molar-refractivity contribution in [2.24, 2.45) is 0 Å². The third-order valence-corrected chi connectivity index (χ3v) is 5.33. The summed E-state index contributed by atoms with van der Waals surface area (Å²) < 4.78 is 30.4. The molecular formula is C24H28O5. The molecule has 29 heavy (non-hydrogen) atoms. The quantitative estimate of drug-likeness (QED) is 0.678. The summed E-state index contributed by atoms with van der Waals surface area (Å²) in [4.78, 5) is 0. The summed E-state index contributed by atoms with van der Waals surface area (Å²) in [6.07, 6.45) is 3.46. The normalized spacial score (nSPS) is 28.5. The van der Waals surface area contributed by atoms with Crippen molar-refractivity contribution in [1.82, 2.24) is 0 Å². The van der Waals surface area contributed by atoms with Gasteiger partial charge < -0.3 is 23.7 Å². The molecule has 1 fully saturated rings. The zero-order chi connectivity index (χ0) is 19.9. The third kappa shape index (κ3) is 5.06. The van der Waals surface area contributed by atoms with Crippen molar-refractivity contribution < 1.29 is 23.7 Å². The molecule has 2 heterocycles. The standard InChI is InChI=1S/C24H28O5/c1-25-17-21-23(27-15-18-9-4-2-5-10-18)24(22-20(29-21)13-8-14-26-22)28-16-19-11-6-3-7-12-19/h2-12,14,20-24H,13,15-17H2,1H3/t20-,21-,22-,23-,24-/m1/s1. The van der Waals surface area contributed by atoms with Gasteiger partial charge in [-0.25, -0.2) is 0 Å². The van der Waals surface area contributed by atoms with Gasteiger partial charge >= 0.3 is 0 Å². The SMILES string of the molecule is COC[C@H]1O[C@@H]2CC=CO[C@H]2[C@@H](OCc2ccccc2)[C@@H]1OCc1ccccc1. The van der Waals surface area contributed by atoms with E-state index < -0.39 is 0 Å². The highest BCUT2D eigenvalue weighted by Gasteiger charge is 2.48. The fourth-order valence-electron chi connectivity index (χ4n) is 3.90. The van der Waals surface area contributed by atoms with E-state index in [2.05, 4.69) is 24.3 Å². The summed E-state index contributed by atoms with van der Waals surface area (Å²) >= 11 is 0. The minimum Gasteiger partial charge on any atom is -0.493 e. The van der Waals surface area contributed by atoms with E-state index in [4.69, 9.17) is 23.7 Å². The van der Waals surface area contributed by atoms with Crippen LogP contribution in [0.3, 0.4) is 0 Å². The second-order valence-electron chi connectivity index (χ2n) is 7.40. The molecular weight excluding hydrogens is 368 g/mol. The van der Waals surface area contributed by atoms with Crippen LogP contribution in [0.2, 0.25) is 0 Å². The van der Waals surface area contributed by atoms with Crippen LogP contribution in [-0.4, -0.2) is 44.2 Å². The van der Waals surface area contributed by atoms with Crippen LogP contribution in [0.4, 0.5) is 0 Å². The Hall–Kier alpha value is -2.18. The highest BCUT2D eigenvalue weighted by atomic mass is 16.6. The summed E-state index contributed by atoms with van der Waals surface area (Å²) in [5.41, 5.74) is 2.23. The smallest absolute Gasteiger partial charge is 0.153 e. The molecule has 5 nitrogen and oxygen atoms in total. The zero-order valence-corrected chi connectivity index (χ0v) is 16.7. The molecule has 154 valence electrons. The van der Waals surface area contributed by atoms with E-state index in [9.17, 15) is 0 Å². The maximum atomic E-state index is 6.40. The number of methoxy groups -OCH3 is 1. The molecule has 2 aromatic carbocycles. The summed E-state index contributed by atoms with van der Waals surface area (Å²) in [7, 11) is 1.68. The molecule has 0 aliphatic carbocycles. The van der Waals surface area contributed by atoms with Crippen molar-refractivity contribution >= 4 is 0 Å². The molecule has 2 aliphatic heterocycles.